The van der Waals surface area contributed by atoms with Gasteiger partial charge in [0.05, 0.1) is 9.89 Å². The number of fused-ring (bicyclic) bond motifs is 1. The van der Waals surface area contributed by atoms with E-state index in [2.05, 4.69) is 52.3 Å². The standard InChI is InChI=1S/C15H15BrOS/c16-15-6-5-13(18-15)9-14(17)12-7-10-3-1-2-4-11(10)8-12/h1-6,12,14,17H,7-9H2. The molecule has 3 rings (SSSR count). The van der Waals surface area contributed by atoms with Gasteiger partial charge in [0.15, 0.2) is 0 Å². The Morgan fingerprint density at radius 3 is 2.39 bits per heavy atom. The SMILES string of the molecule is OC(Cc1ccc(Br)s1)C1Cc2ccccc2C1. The van der Waals surface area contributed by atoms with Crippen LogP contribution in [0.1, 0.15) is 16.0 Å². The lowest BCUT2D eigenvalue weighted by atomic mass is 9.96. The summed E-state index contributed by atoms with van der Waals surface area (Å²) in [4.78, 5) is 1.25. The van der Waals surface area contributed by atoms with E-state index in [1.165, 1.54) is 16.0 Å². The average Bonchev–Trinajstić information content (AvgIpc) is 2.95. The number of halogens is 1. The van der Waals surface area contributed by atoms with Crippen LogP contribution in [0.5, 0.6) is 0 Å². The van der Waals surface area contributed by atoms with Crippen LogP contribution >= 0.6 is 27.3 Å². The maximum Gasteiger partial charge on any atom is 0.0701 e. The van der Waals surface area contributed by atoms with Crippen LogP contribution in [-0.2, 0) is 19.3 Å². The van der Waals surface area contributed by atoms with E-state index in [9.17, 15) is 5.11 Å². The molecule has 1 aliphatic carbocycles. The first-order valence-corrected chi connectivity index (χ1v) is 7.82. The van der Waals surface area contributed by atoms with E-state index in [0.29, 0.717) is 5.92 Å². The fourth-order valence-electron chi connectivity index (χ4n) is 2.70. The Labute approximate surface area is 120 Å². The van der Waals surface area contributed by atoms with Crippen LogP contribution in [-0.4, -0.2) is 11.2 Å². The van der Waals surface area contributed by atoms with Gasteiger partial charge in [0, 0.05) is 11.3 Å². The van der Waals surface area contributed by atoms with Crippen molar-refractivity contribution in [2.24, 2.45) is 5.92 Å². The Balaban J connectivity index is 1.67. The molecule has 1 aromatic carbocycles. The van der Waals surface area contributed by atoms with Crippen molar-refractivity contribution in [2.75, 3.05) is 0 Å². The molecule has 0 radical (unpaired) electrons. The molecule has 0 aliphatic heterocycles. The van der Waals surface area contributed by atoms with Crippen molar-refractivity contribution < 1.29 is 5.11 Å². The first-order chi connectivity index (χ1) is 8.72. The van der Waals surface area contributed by atoms with Gasteiger partial charge in [0.1, 0.15) is 0 Å². The summed E-state index contributed by atoms with van der Waals surface area (Å²) in [5, 5.41) is 10.4. The number of hydrogen-bond acceptors (Lipinski definition) is 2. The normalized spacial score (nSPS) is 16.8. The molecule has 0 fully saturated rings. The van der Waals surface area contributed by atoms with Crippen LogP contribution in [0.2, 0.25) is 0 Å². The number of aliphatic hydroxyl groups excluding tert-OH is 1. The number of hydrogen-bond donors (Lipinski definition) is 1. The van der Waals surface area contributed by atoms with E-state index in [-0.39, 0.29) is 6.10 Å². The second-order valence-corrected chi connectivity index (χ2v) is 7.46. The number of aliphatic hydroxyl groups is 1. The highest BCUT2D eigenvalue weighted by atomic mass is 79.9. The summed E-state index contributed by atoms with van der Waals surface area (Å²) in [7, 11) is 0. The Morgan fingerprint density at radius 1 is 1.17 bits per heavy atom. The summed E-state index contributed by atoms with van der Waals surface area (Å²) in [6.07, 6.45) is 2.57. The molecule has 0 saturated heterocycles. The van der Waals surface area contributed by atoms with Crippen molar-refractivity contribution in [1.82, 2.24) is 0 Å². The predicted octanol–water partition coefficient (Wildman–Crippen LogP) is 3.83. The summed E-state index contributed by atoms with van der Waals surface area (Å²) in [6, 6.07) is 12.7. The lowest BCUT2D eigenvalue weighted by Crippen LogP contribution is -2.22. The molecule has 1 N–H and O–H groups in total. The van der Waals surface area contributed by atoms with Gasteiger partial charge in [-0.25, -0.2) is 0 Å². The van der Waals surface area contributed by atoms with Crippen LogP contribution < -0.4 is 0 Å². The first-order valence-electron chi connectivity index (χ1n) is 6.21. The third kappa shape index (κ3) is 2.53. The molecular weight excluding hydrogens is 308 g/mol. The van der Waals surface area contributed by atoms with E-state index in [4.69, 9.17) is 0 Å². The third-order valence-electron chi connectivity index (χ3n) is 3.67. The van der Waals surface area contributed by atoms with Crippen LogP contribution in [0.25, 0.3) is 0 Å². The lowest BCUT2D eigenvalue weighted by molar-refractivity contribution is 0.113. The molecule has 1 heterocycles. The second-order valence-electron chi connectivity index (χ2n) is 4.91. The second kappa shape index (κ2) is 5.16. The van der Waals surface area contributed by atoms with E-state index < -0.39 is 0 Å². The number of thiophene rings is 1. The summed E-state index contributed by atoms with van der Waals surface area (Å²) >= 11 is 5.18. The largest absolute Gasteiger partial charge is 0.392 e. The quantitative estimate of drug-likeness (QED) is 0.910. The highest BCUT2D eigenvalue weighted by molar-refractivity contribution is 9.11. The monoisotopic (exact) mass is 322 g/mol. The van der Waals surface area contributed by atoms with E-state index in [1.807, 2.05) is 0 Å². The van der Waals surface area contributed by atoms with E-state index in [1.54, 1.807) is 11.3 Å². The molecule has 0 saturated carbocycles. The molecular formula is C15H15BrOS. The van der Waals surface area contributed by atoms with Gasteiger partial charge in [-0.1, -0.05) is 24.3 Å². The minimum absolute atomic E-state index is 0.233. The Kier molecular flexibility index (Phi) is 3.55. The number of rotatable bonds is 3. The molecule has 2 aromatic rings. The van der Waals surface area contributed by atoms with Gasteiger partial charge in [-0.15, -0.1) is 11.3 Å². The molecule has 1 nitrogen and oxygen atoms in total. The molecule has 1 aromatic heterocycles. The molecule has 0 spiro atoms. The van der Waals surface area contributed by atoms with Crippen molar-refractivity contribution in [3.05, 3.63) is 56.2 Å². The maximum absolute atomic E-state index is 10.4. The van der Waals surface area contributed by atoms with Crippen LogP contribution in [0.3, 0.4) is 0 Å². The molecule has 1 aliphatic rings. The Bertz CT molecular complexity index is 524. The summed E-state index contributed by atoms with van der Waals surface area (Å²) in [5.74, 6) is 0.378. The highest BCUT2D eigenvalue weighted by Crippen LogP contribution is 2.31. The molecule has 3 heteroatoms. The van der Waals surface area contributed by atoms with Crippen molar-refractivity contribution in [3.63, 3.8) is 0 Å². The van der Waals surface area contributed by atoms with Crippen molar-refractivity contribution in [2.45, 2.75) is 25.4 Å². The van der Waals surface area contributed by atoms with Gasteiger partial charge in [0.2, 0.25) is 0 Å². The number of benzene rings is 1. The van der Waals surface area contributed by atoms with Gasteiger partial charge < -0.3 is 5.11 Å². The molecule has 1 atom stereocenters. The zero-order valence-corrected chi connectivity index (χ0v) is 12.4. The summed E-state index contributed by atoms with van der Waals surface area (Å²) in [6.45, 7) is 0. The Morgan fingerprint density at radius 2 is 1.83 bits per heavy atom. The minimum Gasteiger partial charge on any atom is -0.392 e. The Hall–Kier alpha value is -0.640. The molecule has 1 unspecified atom stereocenters. The fourth-order valence-corrected chi connectivity index (χ4v) is 4.23. The molecule has 0 amide bonds. The van der Waals surface area contributed by atoms with Gasteiger partial charge >= 0.3 is 0 Å². The smallest absolute Gasteiger partial charge is 0.0701 e. The van der Waals surface area contributed by atoms with E-state index >= 15 is 0 Å². The van der Waals surface area contributed by atoms with Gasteiger partial charge in [0.25, 0.3) is 0 Å². The van der Waals surface area contributed by atoms with Crippen molar-refractivity contribution in [1.29, 1.82) is 0 Å². The summed E-state index contributed by atoms with van der Waals surface area (Å²) < 4.78 is 1.14. The van der Waals surface area contributed by atoms with Crippen molar-refractivity contribution in [3.8, 4) is 0 Å². The molecule has 18 heavy (non-hydrogen) atoms. The predicted molar refractivity (Wildman–Crippen MR) is 79.1 cm³/mol. The third-order valence-corrected chi connectivity index (χ3v) is 5.31. The minimum atomic E-state index is -0.233. The van der Waals surface area contributed by atoms with Gasteiger partial charge in [-0.2, -0.15) is 0 Å². The zero-order valence-electron chi connectivity index (χ0n) is 9.97. The highest BCUT2D eigenvalue weighted by Gasteiger charge is 2.27. The summed E-state index contributed by atoms with van der Waals surface area (Å²) in [5.41, 5.74) is 2.82. The fraction of sp³-hybridized carbons (Fsp3) is 0.333. The molecule has 0 bridgehead atoms. The van der Waals surface area contributed by atoms with E-state index in [0.717, 1.165) is 23.0 Å². The average molecular weight is 323 g/mol. The zero-order chi connectivity index (χ0) is 12.5. The topological polar surface area (TPSA) is 20.2 Å². The maximum atomic E-state index is 10.4. The van der Waals surface area contributed by atoms with Crippen molar-refractivity contribution >= 4 is 27.3 Å². The first kappa shape index (κ1) is 12.4. The lowest BCUT2D eigenvalue weighted by Gasteiger charge is -2.16. The van der Waals surface area contributed by atoms with Crippen LogP contribution in [0, 0.1) is 5.92 Å². The van der Waals surface area contributed by atoms with Gasteiger partial charge in [-0.05, 0) is 57.9 Å². The molecule has 94 valence electrons. The van der Waals surface area contributed by atoms with Gasteiger partial charge in [-0.3, -0.25) is 0 Å². The van der Waals surface area contributed by atoms with Crippen LogP contribution in [0.4, 0.5) is 0 Å². The van der Waals surface area contributed by atoms with Crippen LogP contribution in [0.15, 0.2) is 40.2 Å².